The van der Waals surface area contributed by atoms with Gasteiger partial charge in [0.1, 0.15) is 0 Å². The molecule has 0 saturated carbocycles. The Bertz CT molecular complexity index is 548. The van der Waals surface area contributed by atoms with Crippen molar-refractivity contribution < 1.29 is 4.42 Å². The van der Waals surface area contributed by atoms with E-state index in [-0.39, 0.29) is 0 Å². The normalized spacial score (nSPS) is 19.6. The molecule has 0 spiro atoms. The summed E-state index contributed by atoms with van der Waals surface area (Å²) in [6, 6.07) is 2.76. The molecule has 0 aliphatic carbocycles. The van der Waals surface area contributed by atoms with Gasteiger partial charge in [0.15, 0.2) is 0 Å². The lowest BCUT2D eigenvalue weighted by atomic mass is 9.98. The molecule has 0 bridgehead atoms. The molecule has 3 rings (SSSR count). The second kappa shape index (κ2) is 5.43. The Balaban J connectivity index is 1.78. The van der Waals surface area contributed by atoms with Gasteiger partial charge in [-0.25, -0.2) is 0 Å². The number of thiophene rings is 1. The van der Waals surface area contributed by atoms with Crippen molar-refractivity contribution >= 4 is 11.3 Å². The van der Waals surface area contributed by atoms with Crippen LogP contribution in [0.15, 0.2) is 15.9 Å². The topological polar surface area (TPSA) is 42.2 Å². The first-order valence-corrected chi connectivity index (χ1v) is 7.81. The molecule has 0 fully saturated rings. The smallest absolute Gasteiger partial charge is 0.230 e. The minimum atomic E-state index is 0.493. The molecule has 1 aliphatic rings. The Hall–Kier alpha value is -1.20. The van der Waals surface area contributed by atoms with Crippen molar-refractivity contribution in [2.75, 3.05) is 6.54 Å². The van der Waals surface area contributed by atoms with Crippen LogP contribution in [0.4, 0.5) is 0 Å². The summed E-state index contributed by atoms with van der Waals surface area (Å²) in [4.78, 5) is 4.00. The molecular formula is C14H19N3OS. The van der Waals surface area contributed by atoms with Crippen LogP contribution < -0.4 is 0 Å². The van der Waals surface area contributed by atoms with E-state index in [0.717, 1.165) is 44.1 Å². The van der Waals surface area contributed by atoms with Crippen LogP contribution >= 0.6 is 11.3 Å². The van der Waals surface area contributed by atoms with E-state index >= 15 is 0 Å². The summed E-state index contributed by atoms with van der Waals surface area (Å²) < 4.78 is 5.64. The van der Waals surface area contributed by atoms with Crippen LogP contribution in [0.25, 0.3) is 0 Å². The molecule has 1 atom stereocenters. The highest BCUT2D eigenvalue weighted by atomic mass is 32.1. The first-order valence-electron chi connectivity index (χ1n) is 6.93. The summed E-state index contributed by atoms with van der Waals surface area (Å²) in [5.41, 5.74) is 1.49. The predicted molar refractivity (Wildman–Crippen MR) is 75.1 cm³/mol. The van der Waals surface area contributed by atoms with Crippen molar-refractivity contribution in [2.45, 2.75) is 45.7 Å². The van der Waals surface area contributed by atoms with E-state index in [0.29, 0.717) is 6.04 Å². The van der Waals surface area contributed by atoms with Crippen LogP contribution in [0.3, 0.4) is 0 Å². The van der Waals surface area contributed by atoms with Crippen LogP contribution in [0.1, 0.15) is 48.5 Å². The zero-order valence-corrected chi connectivity index (χ0v) is 12.2. The lowest BCUT2D eigenvalue weighted by molar-refractivity contribution is 0.156. The van der Waals surface area contributed by atoms with Crippen molar-refractivity contribution in [3.63, 3.8) is 0 Å². The van der Waals surface area contributed by atoms with Crippen molar-refractivity contribution in [2.24, 2.45) is 0 Å². The summed E-state index contributed by atoms with van der Waals surface area (Å²) in [5.74, 6) is 1.48. The second-order valence-corrected chi connectivity index (χ2v) is 5.89. The standard InChI is InChI=1S/C14H19N3OS/c1-3-11-10-6-8-19-12(10)5-7-17(11)9-14-16-15-13(4-2)18-14/h6,8,11H,3-5,7,9H2,1-2H3. The quantitative estimate of drug-likeness (QED) is 0.860. The summed E-state index contributed by atoms with van der Waals surface area (Å²) >= 11 is 1.88. The van der Waals surface area contributed by atoms with Crippen LogP contribution in [0.5, 0.6) is 0 Å². The molecule has 102 valence electrons. The minimum absolute atomic E-state index is 0.493. The highest BCUT2D eigenvalue weighted by Crippen LogP contribution is 2.35. The SMILES string of the molecule is CCc1nnc(CN2CCc3sccc3C2CC)o1. The number of rotatable bonds is 4. The van der Waals surface area contributed by atoms with Gasteiger partial charge in [0.25, 0.3) is 0 Å². The Morgan fingerprint density at radius 3 is 2.95 bits per heavy atom. The lowest BCUT2D eigenvalue weighted by Gasteiger charge is -2.34. The molecule has 0 aromatic carbocycles. The summed E-state index contributed by atoms with van der Waals surface area (Å²) in [7, 11) is 0. The third-order valence-electron chi connectivity index (χ3n) is 3.74. The first kappa shape index (κ1) is 12.8. The second-order valence-electron chi connectivity index (χ2n) is 4.89. The van der Waals surface area contributed by atoms with Crippen molar-refractivity contribution in [3.8, 4) is 0 Å². The van der Waals surface area contributed by atoms with Gasteiger partial charge >= 0.3 is 0 Å². The van der Waals surface area contributed by atoms with Crippen molar-refractivity contribution in [3.05, 3.63) is 33.7 Å². The van der Waals surface area contributed by atoms with Crippen molar-refractivity contribution in [1.82, 2.24) is 15.1 Å². The third-order valence-corrected chi connectivity index (χ3v) is 4.74. The van der Waals surface area contributed by atoms with Gasteiger partial charge in [-0.2, -0.15) is 0 Å². The number of hydrogen-bond donors (Lipinski definition) is 0. The molecule has 1 aliphatic heterocycles. The Kier molecular flexibility index (Phi) is 3.66. The average molecular weight is 277 g/mol. The predicted octanol–water partition coefficient (Wildman–Crippen LogP) is 3.20. The number of nitrogens with zero attached hydrogens (tertiary/aromatic N) is 3. The van der Waals surface area contributed by atoms with E-state index in [1.165, 1.54) is 5.56 Å². The summed E-state index contributed by atoms with van der Waals surface area (Å²) in [6.07, 6.45) is 3.07. The molecule has 1 unspecified atom stereocenters. The number of fused-ring (bicyclic) bond motifs is 1. The van der Waals surface area contributed by atoms with E-state index in [2.05, 4.69) is 33.5 Å². The largest absolute Gasteiger partial charge is 0.424 e. The number of hydrogen-bond acceptors (Lipinski definition) is 5. The molecular weight excluding hydrogens is 258 g/mol. The Morgan fingerprint density at radius 1 is 1.37 bits per heavy atom. The van der Waals surface area contributed by atoms with Crippen molar-refractivity contribution in [1.29, 1.82) is 0 Å². The molecule has 0 saturated heterocycles. The van der Waals surface area contributed by atoms with Crippen LogP contribution in [0, 0.1) is 0 Å². The fourth-order valence-corrected chi connectivity index (χ4v) is 3.71. The van der Waals surface area contributed by atoms with Gasteiger partial charge < -0.3 is 4.42 Å². The number of aryl methyl sites for hydroxylation is 1. The van der Waals surface area contributed by atoms with E-state index in [4.69, 9.17) is 4.42 Å². The van der Waals surface area contributed by atoms with Gasteiger partial charge in [-0.3, -0.25) is 4.90 Å². The fourth-order valence-electron chi connectivity index (χ4n) is 2.78. The van der Waals surface area contributed by atoms with E-state index in [9.17, 15) is 0 Å². The van der Waals surface area contributed by atoms with Gasteiger partial charge in [0, 0.05) is 23.9 Å². The lowest BCUT2D eigenvalue weighted by Crippen LogP contribution is -2.34. The van der Waals surface area contributed by atoms with Crippen LogP contribution in [-0.4, -0.2) is 21.6 Å². The fraction of sp³-hybridized carbons (Fsp3) is 0.571. The molecule has 0 radical (unpaired) electrons. The monoisotopic (exact) mass is 277 g/mol. The number of aromatic nitrogens is 2. The molecule has 19 heavy (non-hydrogen) atoms. The zero-order chi connectivity index (χ0) is 13.2. The molecule has 4 nitrogen and oxygen atoms in total. The molecule has 5 heteroatoms. The maximum absolute atomic E-state index is 5.64. The Morgan fingerprint density at radius 2 is 2.21 bits per heavy atom. The zero-order valence-electron chi connectivity index (χ0n) is 11.4. The van der Waals surface area contributed by atoms with Crippen LogP contribution in [-0.2, 0) is 19.4 Å². The van der Waals surface area contributed by atoms with Gasteiger partial charge in [0.2, 0.25) is 11.8 Å². The molecule has 0 N–H and O–H groups in total. The van der Waals surface area contributed by atoms with Gasteiger partial charge in [-0.15, -0.1) is 21.5 Å². The van der Waals surface area contributed by atoms with Gasteiger partial charge in [0.05, 0.1) is 6.54 Å². The Labute approximate surface area is 117 Å². The third kappa shape index (κ3) is 2.44. The van der Waals surface area contributed by atoms with Crippen LogP contribution in [0.2, 0.25) is 0 Å². The van der Waals surface area contributed by atoms with Gasteiger partial charge in [-0.05, 0) is 29.9 Å². The highest BCUT2D eigenvalue weighted by molar-refractivity contribution is 7.10. The first-order chi connectivity index (χ1) is 9.31. The minimum Gasteiger partial charge on any atom is -0.424 e. The average Bonchev–Trinajstić information content (AvgIpc) is 3.06. The maximum atomic E-state index is 5.64. The van der Waals surface area contributed by atoms with Gasteiger partial charge in [-0.1, -0.05) is 13.8 Å². The molecule has 0 amide bonds. The maximum Gasteiger partial charge on any atom is 0.230 e. The summed E-state index contributed by atoms with van der Waals surface area (Å²) in [6.45, 7) is 6.12. The molecule has 2 aromatic heterocycles. The molecule has 2 aromatic rings. The molecule has 3 heterocycles. The highest BCUT2D eigenvalue weighted by Gasteiger charge is 2.27. The summed E-state index contributed by atoms with van der Waals surface area (Å²) in [5, 5.41) is 10.4. The van der Waals surface area contributed by atoms with E-state index in [1.54, 1.807) is 4.88 Å². The van der Waals surface area contributed by atoms with E-state index < -0.39 is 0 Å². The van der Waals surface area contributed by atoms with E-state index in [1.807, 2.05) is 18.3 Å².